The van der Waals surface area contributed by atoms with Crippen LogP contribution in [-0.2, 0) is 18.3 Å². The number of nitrogens with zero attached hydrogens (tertiary/aromatic N) is 5. The van der Waals surface area contributed by atoms with Gasteiger partial charge in [0.15, 0.2) is 5.96 Å². The Balaban J connectivity index is 0.00000280. The molecule has 2 N–H and O–H groups in total. The number of carbonyl (C=O) groups excluding carboxylic acids is 1. The van der Waals surface area contributed by atoms with Crippen LogP contribution in [0, 0.1) is 0 Å². The molecule has 3 rings (SSSR count). The van der Waals surface area contributed by atoms with Crippen molar-refractivity contribution < 1.29 is 9.53 Å². The van der Waals surface area contributed by atoms with Crippen LogP contribution in [-0.4, -0.2) is 63.2 Å². The normalized spacial score (nSPS) is 15.5. The molecule has 0 aliphatic carbocycles. The monoisotopic (exact) mass is 500 g/mol. The summed E-state index contributed by atoms with van der Waals surface area (Å²) in [5.74, 6) is 1.34. The Morgan fingerprint density at radius 3 is 2.39 bits per heavy atom. The van der Waals surface area contributed by atoms with Crippen LogP contribution in [0.1, 0.15) is 26.6 Å². The van der Waals surface area contributed by atoms with E-state index in [1.54, 1.807) is 4.90 Å². The first kappa shape index (κ1) is 22.3. The summed E-state index contributed by atoms with van der Waals surface area (Å²) < 4.78 is 7.45. The van der Waals surface area contributed by atoms with E-state index in [4.69, 9.17) is 10.5 Å². The predicted octanol–water partition coefficient (Wildman–Crippen LogP) is 2.56. The molecule has 1 aromatic carbocycles. The summed E-state index contributed by atoms with van der Waals surface area (Å²) in [5.41, 5.74) is 7.71. The van der Waals surface area contributed by atoms with E-state index < -0.39 is 5.60 Å². The van der Waals surface area contributed by atoms with Crippen LogP contribution in [0.2, 0.25) is 0 Å². The van der Waals surface area contributed by atoms with E-state index in [-0.39, 0.29) is 30.1 Å². The smallest absolute Gasteiger partial charge is 0.410 e. The number of benzene rings is 1. The number of para-hydroxylation sites is 2. The number of piperazine rings is 1. The van der Waals surface area contributed by atoms with Crippen molar-refractivity contribution in [2.75, 3.05) is 26.2 Å². The first-order chi connectivity index (χ1) is 12.7. The molecule has 9 heteroatoms. The number of hydrogen-bond donors (Lipinski definition) is 1. The highest BCUT2D eigenvalue weighted by molar-refractivity contribution is 14.0. The zero-order valence-corrected chi connectivity index (χ0v) is 19.2. The molecule has 0 spiro atoms. The molecular formula is C19H29IN6O2. The number of aliphatic imine (C=N–C) groups is 1. The summed E-state index contributed by atoms with van der Waals surface area (Å²) in [5, 5.41) is 0. The molecule has 1 aromatic heterocycles. The molecule has 2 heterocycles. The van der Waals surface area contributed by atoms with Crippen LogP contribution in [0.3, 0.4) is 0 Å². The fraction of sp³-hybridized carbons (Fsp3) is 0.526. The van der Waals surface area contributed by atoms with Gasteiger partial charge in [0.2, 0.25) is 0 Å². The Morgan fingerprint density at radius 2 is 1.79 bits per heavy atom. The van der Waals surface area contributed by atoms with Crippen molar-refractivity contribution in [2.24, 2.45) is 17.8 Å². The second-order valence-corrected chi connectivity index (χ2v) is 7.70. The maximum absolute atomic E-state index is 12.1. The van der Waals surface area contributed by atoms with Crippen molar-refractivity contribution in [1.29, 1.82) is 0 Å². The maximum atomic E-state index is 12.1. The SMILES string of the molecule is Cn1c(CN=C(N)N2CCN(C(=O)OC(C)(C)C)CC2)nc2ccccc21.I. The molecule has 1 fully saturated rings. The third kappa shape index (κ3) is 5.27. The van der Waals surface area contributed by atoms with Gasteiger partial charge in [0.05, 0.1) is 11.0 Å². The number of rotatable bonds is 2. The number of amides is 1. The highest BCUT2D eigenvalue weighted by Gasteiger charge is 2.26. The Hall–Kier alpha value is -2.04. The number of hydrogen-bond acceptors (Lipinski definition) is 4. The number of nitrogens with two attached hydrogens (primary N) is 1. The third-order valence-electron chi connectivity index (χ3n) is 4.52. The lowest BCUT2D eigenvalue weighted by atomic mass is 10.2. The average Bonchev–Trinajstić information content (AvgIpc) is 2.95. The van der Waals surface area contributed by atoms with Gasteiger partial charge in [0.25, 0.3) is 0 Å². The van der Waals surface area contributed by atoms with E-state index in [9.17, 15) is 4.79 Å². The zero-order valence-electron chi connectivity index (χ0n) is 16.9. The average molecular weight is 500 g/mol. The molecule has 0 atom stereocenters. The second kappa shape index (κ2) is 8.97. The standard InChI is InChI=1S/C19H28N6O2.HI/c1-19(2,3)27-18(26)25-11-9-24(10-12-25)17(20)21-13-16-22-14-7-5-6-8-15(14)23(16)4;/h5-8H,9-13H2,1-4H3,(H2,20,21);1H. The van der Waals surface area contributed by atoms with E-state index in [2.05, 4.69) is 9.98 Å². The summed E-state index contributed by atoms with van der Waals surface area (Å²) in [4.78, 5) is 25.0. The second-order valence-electron chi connectivity index (χ2n) is 7.70. The maximum Gasteiger partial charge on any atom is 0.410 e. The molecule has 1 aliphatic heterocycles. The van der Waals surface area contributed by atoms with Crippen molar-refractivity contribution in [3.8, 4) is 0 Å². The number of halogens is 1. The highest BCUT2D eigenvalue weighted by atomic mass is 127. The highest BCUT2D eigenvalue weighted by Crippen LogP contribution is 2.15. The molecule has 28 heavy (non-hydrogen) atoms. The van der Waals surface area contributed by atoms with Gasteiger partial charge in [-0.15, -0.1) is 24.0 Å². The van der Waals surface area contributed by atoms with Gasteiger partial charge in [-0.1, -0.05) is 12.1 Å². The van der Waals surface area contributed by atoms with Gasteiger partial charge in [-0.2, -0.15) is 0 Å². The van der Waals surface area contributed by atoms with E-state index >= 15 is 0 Å². The van der Waals surface area contributed by atoms with E-state index in [0.29, 0.717) is 38.7 Å². The molecule has 0 saturated carbocycles. The van der Waals surface area contributed by atoms with Gasteiger partial charge in [0.1, 0.15) is 18.0 Å². The van der Waals surface area contributed by atoms with E-state index in [1.807, 2.05) is 61.6 Å². The minimum absolute atomic E-state index is 0. The van der Waals surface area contributed by atoms with E-state index in [0.717, 1.165) is 16.9 Å². The Labute approximate surface area is 182 Å². The van der Waals surface area contributed by atoms with Crippen molar-refractivity contribution >= 4 is 47.1 Å². The molecule has 0 bridgehead atoms. The largest absolute Gasteiger partial charge is 0.444 e. The van der Waals surface area contributed by atoms with Crippen LogP contribution in [0.25, 0.3) is 11.0 Å². The Morgan fingerprint density at radius 1 is 1.18 bits per heavy atom. The lowest BCUT2D eigenvalue weighted by Gasteiger charge is -2.36. The summed E-state index contributed by atoms with van der Waals surface area (Å²) >= 11 is 0. The molecule has 2 aromatic rings. The number of aromatic nitrogens is 2. The summed E-state index contributed by atoms with van der Waals surface area (Å²) in [6.45, 7) is 8.43. The van der Waals surface area contributed by atoms with Crippen LogP contribution < -0.4 is 5.73 Å². The number of imidazole rings is 1. The van der Waals surface area contributed by atoms with Crippen molar-refractivity contribution in [3.05, 3.63) is 30.1 Å². The van der Waals surface area contributed by atoms with Gasteiger partial charge in [-0.05, 0) is 32.9 Å². The fourth-order valence-corrected chi connectivity index (χ4v) is 3.03. The molecule has 0 radical (unpaired) electrons. The Kier molecular flexibility index (Phi) is 7.13. The molecule has 1 saturated heterocycles. The zero-order chi connectivity index (χ0) is 19.6. The predicted molar refractivity (Wildman–Crippen MR) is 121 cm³/mol. The molecule has 1 amide bonds. The molecule has 8 nitrogen and oxygen atoms in total. The van der Waals surface area contributed by atoms with Crippen LogP contribution in [0.15, 0.2) is 29.3 Å². The number of aryl methyl sites for hydroxylation is 1. The number of guanidine groups is 1. The number of ether oxygens (including phenoxy) is 1. The number of carbonyl (C=O) groups is 1. The third-order valence-corrected chi connectivity index (χ3v) is 4.52. The molecule has 154 valence electrons. The lowest BCUT2D eigenvalue weighted by molar-refractivity contribution is 0.0186. The van der Waals surface area contributed by atoms with Crippen molar-refractivity contribution in [3.63, 3.8) is 0 Å². The van der Waals surface area contributed by atoms with Gasteiger partial charge in [-0.3, -0.25) is 0 Å². The minimum atomic E-state index is -0.486. The summed E-state index contributed by atoms with van der Waals surface area (Å²) in [7, 11) is 1.98. The van der Waals surface area contributed by atoms with Gasteiger partial charge >= 0.3 is 6.09 Å². The van der Waals surface area contributed by atoms with Crippen LogP contribution >= 0.6 is 24.0 Å². The topological polar surface area (TPSA) is 89.0 Å². The summed E-state index contributed by atoms with van der Waals surface area (Å²) in [6.07, 6.45) is -0.280. The molecule has 1 aliphatic rings. The van der Waals surface area contributed by atoms with Crippen LogP contribution in [0.5, 0.6) is 0 Å². The first-order valence-corrected chi connectivity index (χ1v) is 9.18. The van der Waals surface area contributed by atoms with Crippen molar-refractivity contribution in [2.45, 2.75) is 32.9 Å². The van der Waals surface area contributed by atoms with Gasteiger partial charge in [0, 0.05) is 33.2 Å². The lowest BCUT2D eigenvalue weighted by Crippen LogP contribution is -2.53. The van der Waals surface area contributed by atoms with Gasteiger partial charge in [-0.25, -0.2) is 14.8 Å². The van der Waals surface area contributed by atoms with Crippen molar-refractivity contribution in [1.82, 2.24) is 19.4 Å². The van der Waals surface area contributed by atoms with Crippen LogP contribution in [0.4, 0.5) is 4.79 Å². The van der Waals surface area contributed by atoms with Gasteiger partial charge < -0.3 is 24.8 Å². The Bertz CT molecular complexity index is 850. The quantitative estimate of drug-likeness (QED) is 0.389. The van der Waals surface area contributed by atoms with E-state index in [1.165, 1.54) is 0 Å². The molecule has 0 unspecified atom stereocenters. The minimum Gasteiger partial charge on any atom is -0.444 e. The number of fused-ring (bicyclic) bond motifs is 1. The first-order valence-electron chi connectivity index (χ1n) is 9.18. The molecular weight excluding hydrogens is 471 g/mol. The fourth-order valence-electron chi connectivity index (χ4n) is 3.03. The summed E-state index contributed by atoms with van der Waals surface area (Å²) in [6, 6.07) is 7.99.